The molecule has 0 amide bonds. The van der Waals surface area contributed by atoms with Gasteiger partial charge in [-0.15, -0.1) is 0 Å². The Kier molecular flexibility index (Phi) is 4.67. The first-order valence-corrected chi connectivity index (χ1v) is 2.57. The maximum absolute atomic E-state index is 4.99. The Bertz CT molecular complexity index is 126. The van der Waals surface area contributed by atoms with Gasteiger partial charge in [-0.3, -0.25) is 16.3 Å². The summed E-state index contributed by atoms with van der Waals surface area (Å²) < 4.78 is 0. The molecule has 0 heterocycles. The molecule has 0 aliphatic rings. The van der Waals surface area contributed by atoms with Crippen LogP contribution in [0.25, 0.3) is 0 Å². The van der Waals surface area contributed by atoms with Gasteiger partial charge >= 0.3 is 0 Å². The summed E-state index contributed by atoms with van der Waals surface area (Å²) >= 11 is 0. The molecule has 0 aromatic heterocycles. The maximum atomic E-state index is 4.99. The molecule has 3 heteroatoms. The molecule has 0 rings (SSSR count). The fraction of sp³-hybridized carbons (Fsp3) is 0.167. The highest BCUT2D eigenvalue weighted by atomic mass is 15.2. The molecule has 0 fully saturated rings. The van der Waals surface area contributed by atoms with Gasteiger partial charge in [0, 0.05) is 11.9 Å². The number of hydrogen-bond donors (Lipinski definition) is 2. The Hall–Kier alpha value is -0.930. The Morgan fingerprint density at radius 3 is 2.89 bits per heavy atom. The van der Waals surface area contributed by atoms with Gasteiger partial charge in [-0.25, -0.2) is 0 Å². The van der Waals surface area contributed by atoms with Gasteiger partial charge in [0.05, 0.1) is 6.54 Å². The second-order valence-electron chi connectivity index (χ2n) is 1.46. The van der Waals surface area contributed by atoms with Gasteiger partial charge in [-0.05, 0) is 0 Å². The Morgan fingerprint density at radius 2 is 2.44 bits per heavy atom. The molecule has 9 heavy (non-hydrogen) atoms. The van der Waals surface area contributed by atoms with Crippen LogP contribution in [0.1, 0.15) is 0 Å². The molecule has 0 aliphatic heterocycles. The van der Waals surface area contributed by atoms with Crippen molar-refractivity contribution >= 4 is 6.21 Å². The van der Waals surface area contributed by atoms with Crippen LogP contribution >= 0.6 is 0 Å². The third-order valence-corrected chi connectivity index (χ3v) is 0.669. The molecular formula is C6H11N3. The lowest BCUT2D eigenvalue weighted by Crippen LogP contribution is -2.23. The van der Waals surface area contributed by atoms with Crippen molar-refractivity contribution in [2.75, 3.05) is 6.54 Å². The summed E-state index contributed by atoms with van der Waals surface area (Å²) in [5, 5.41) is 0. The first kappa shape index (κ1) is 8.07. The van der Waals surface area contributed by atoms with Crippen LogP contribution in [0.15, 0.2) is 29.9 Å². The van der Waals surface area contributed by atoms with E-state index in [9.17, 15) is 0 Å². The van der Waals surface area contributed by atoms with Gasteiger partial charge in [0.15, 0.2) is 0 Å². The van der Waals surface area contributed by atoms with E-state index in [1.165, 1.54) is 0 Å². The zero-order valence-electron chi connectivity index (χ0n) is 5.30. The predicted octanol–water partition coefficient (Wildman–Crippen LogP) is 0.220. The predicted molar refractivity (Wildman–Crippen MR) is 40.0 cm³/mol. The average molecular weight is 125 g/mol. The van der Waals surface area contributed by atoms with E-state index >= 15 is 0 Å². The van der Waals surface area contributed by atoms with Crippen LogP contribution in [0.5, 0.6) is 0 Å². The Morgan fingerprint density at radius 1 is 1.78 bits per heavy atom. The molecule has 0 unspecified atom stereocenters. The molecule has 0 atom stereocenters. The first-order valence-electron chi connectivity index (χ1n) is 2.57. The summed E-state index contributed by atoms with van der Waals surface area (Å²) in [6.07, 6.45) is 3.15. The average Bonchev–Trinajstić information content (AvgIpc) is 1.85. The normalized spacial score (nSPS) is 9.89. The molecule has 0 saturated carbocycles. The summed E-state index contributed by atoms with van der Waals surface area (Å²) in [5.41, 5.74) is 3.12. The largest absolute Gasteiger partial charge is 0.271 e. The third kappa shape index (κ3) is 4.93. The van der Waals surface area contributed by atoms with Crippen LogP contribution in [-0.4, -0.2) is 12.8 Å². The van der Waals surface area contributed by atoms with Crippen LogP contribution in [-0.2, 0) is 0 Å². The van der Waals surface area contributed by atoms with Gasteiger partial charge < -0.3 is 0 Å². The van der Waals surface area contributed by atoms with Crippen LogP contribution < -0.4 is 11.3 Å². The SMILES string of the molecule is C=C/C=N\C(=C)CNN. The van der Waals surface area contributed by atoms with Crippen LogP contribution in [0.3, 0.4) is 0 Å². The first-order chi connectivity index (χ1) is 4.31. The second kappa shape index (κ2) is 5.21. The van der Waals surface area contributed by atoms with E-state index in [0.29, 0.717) is 12.2 Å². The van der Waals surface area contributed by atoms with Gasteiger partial charge in [-0.1, -0.05) is 19.2 Å². The zero-order chi connectivity index (χ0) is 7.11. The molecule has 3 nitrogen and oxygen atoms in total. The lowest BCUT2D eigenvalue weighted by Gasteiger charge is -1.93. The number of hydrazine groups is 1. The van der Waals surface area contributed by atoms with Gasteiger partial charge in [-0.2, -0.15) is 0 Å². The van der Waals surface area contributed by atoms with Gasteiger partial charge in [0.25, 0.3) is 0 Å². The van der Waals surface area contributed by atoms with Crippen LogP contribution in [0, 0.1) is 0 Å². The molecule has 0 aromatic carbocycles. The Balaban J connectivity index is 3.49. The van der Waals surface area contributed by atoms with E-state index in [1.54, 1.807) is 12.3 Å². The van der Waals surface area contributed by atoms with Gasteiger partial charge in [0.2, 0.25) is 0 Å². The molecule has 3 N–H and O–H groups in total. The number of nitrogens with one attached hydrogen (secondary N) is 1. The van der Waals surface area contributed by atoms with Crippen molar-refractivity contribution in [3.05, 3.63) is 24.9 Å². The molecule has 50 valence electrons. The third-order valence-electron chi connectivity index (χ3n) is 0.669. The van der Waals surface area contributed by atoms with Crippen molar-refractivity contribution in [2.45, 2.75) is 0 Å². The summed E-state index contributed by atoms with van der Waals surface area (Å²) in [6, 6.07) is 0. The lowest BCUT2D eigenvalue weighted by molar-refractivity contribution is 0.793. The number of allylic oxidation sites excluding steroid dienone is 1. The fourth-order valence-corrected chi connectivity index (χ4v) is 0.322. The Labute approximate surface area is 54.9 Å². The molecule has 0 bridgehead atoms. The standard InChI is InChI=1S/C6H11N3/c1-3-4-8-6(2)5-9-7/h3-4,9H,1-2,5,7H2/b8-4-. The highest BCUT2D eigenvalue weighted by Gasteiger charge is 1.81. The van der Waals surface area contributed by atoms with Crippen LogP contribution in [0.2, 0.25) is 0 Å². The summed E-state index contributed by atoms with van der Waals surface area (Å²) in [4.78, 5) is 3.85. The van der Waals surface area contributed by atoms with E-state index in [-0.39, 0.29) is 0 Å². The van der Waals surface area contributed by atoms with Crippen molar-refractivity contribution in [1.29, 1.82) is 0 Å². The van der Waals surface area contributed by atoms with E-state index < -0.39 is 0 Å². The summed E-state index contributed by atoms with van der Waals surface area (Å²) in [5.74, 6) is 4.99. The van der Waals surface area contributed by atoms with Crippen molar-refractivity contribution in [3.8, 4) is 0 Å². The maximum Gasteiger partial charge on any atom is 0.0516 e. The summed E-state index contributed by atoms with van der Waals surface area (Å²) in [7, 11) is 0. The van der Waals surface area contributed by atoms with E-state index in [2.05, 4.69) is 23.6 Å². The lowest BCUT2D eigenvalue weighted by atomic mass is 10.5. The van der Waals surface area contributed by atoms with Crippen molar-refractivity contribution in [2.24, 2.45) is 10.8 Å². The highest BCUT2D eigenvalue weighted by molar-refractivity contribution is 5.71. The second-order valence-corrected chi connectivity index (χ2v) is 1.46. The minimum atomic E-state index is 0.504. The minimum absolute atomic E-state index is 0.504. The zero-order valence-corrected chi connectivity index (χ0v) is 5.30. The summed E-state index contributed by atoms with van der Waals surface area (Å²) in [6.45, 7) is 7.55. The van der Waals surface area contributed by atoms with Crippen LogP contribution in [0.4, 0.5) is 0 Å². The highest BCUT2D eigenvalue weighted by Crippen LogP contribution is 1.85. The topological polar surface area (TPSA) is 50.4 Å². The molecule has 0 aliphatic carbocycles. The molecule has 0 spiro atoms. The molecule has 0 saturated heterocycles. The van der Waals surface area contributed by atoms with E-state index in [1.807, 2.05) is 0 Å². The number of rotatable bonds is 4. The smallest absolute Gasteiger partial charge is 0.0516 e. The number of hydrogen-bond acceptors (Lipinski definition) is 3. The fourth-order valence-electron chi connectivity index (χ4n) is 0.322. The number of nitrogens with two attached hydrogens (primary N) is 1. The quantitative estimate of drug-likeness (QED) is 0.321. The van der Waals surface area contributed by atoms with E-state index in [0.717, 1.165) is 0 Å². The minimum Gasteiger partial charge on any atom is -0.271 e. The molecular weight excluding hydrogens is 114 g/mol. The molecule has 0 radical (unpaired) electrons. The van der Waals surface area contributed by atoms with Crippen molar-refractivity contribution in [1.82, 2.24) is 5.43 Å². The number of aliphatic imine (C=N–C) groups is 1. The van der Waals surface area contributed by atoms with E-state index in [4.69, 9.17) is 5.84 Å². The number of nitrogens with zero attached hydrogens (tertiary/aromatic N) is 1. The van der Waals surface area contributed by atoms with Gasteiger partial charge in [0.1, 0.15) is 0 Å². The van der Waals surface area contributed by atoms with Crippen molar-refractivity contribution < 1.29 is 0 Å². The monoisotopic (exact) mass is 125 g/mol. The van der Waals surface area contributed by atoms with Crippen molar-refractivity contribution in [3.63, 3.8) is 0 Å². The molecule has 0 aromatic rings.